The number of nitrogens with one attached hydrogen (secondary N) is 2. The Balaban J connectivity index is 1.39. The number of likely N-dealkylation sites (tertiary alicyclic amines) is 1. The normalized spacial score (nSPS) is 19.7. The number of hydrogen-bond acceptors (Lipinski definition) is 6. The van der Waals surface area contributed by atoms with E-state index in [0.29, 0.717) is 22.1 Å². The molecule has 1 aromatic carbocycles. The zero-order valence-electron chi connectivity index (χ0n) is 15.2. The molecule has 2 amide bonds. The van der Waals surface area contributed by atoms with Gasteiger partial charge in [0.1, 0.15) is 5.75 Å². The van der Waals surface area contributed by atoms with Crippen LogP contribution in [-0.4, -0.2) is 41.4 Å². The van der Waals surface area contributed by atoms with Crippen molar-refractivity contribution in [3.63, 3.8) is 0 Å². The molecule has 1 saturated heterocycles. The van der Waals surface area contributed by atoms with E-state index < -0.39 is 0 Å². The second kappa shape index (κ2) is 7.66. The second-order valence-electron chi connectivity index (χ2n) is 7.13. The SMILES string of the molecule is C[C@H]1CCCN(Cc2csc(NC(=O)c3ccc4c(c3)OCC(=O)N4)n2)C1. The van der Waals surface area contributed by atoms with Gasteiger partial charge in [-0.3, -0.25) is 19.8 Å². The van der Waals surface area contributed by atoms with Gasteiger partial charge in [-0.25, -0.2) is 4.98 Å². The maximum Gasteiger partial charge on any atom is 0.262 e. The Morgan fingerprint density at radius 1 is 1.48 bits per heavy atom. The van der Waals surface area contributed by atoms with Gasteiger partial charge in [0.25, 0.3) is 11.8 Å². The van der Waals surface area contributed by atoms with Gasteiger partial charge in [-0.1, -0.05) is 6.92 Å². The van der Waals surface area contributed by atoms with Gasteiger partial charge in [-0.15, -0.1) is 11.3 Å². The minimum atomic E-state index is -0.245. The number of rotatable bonds is 4. The van der Waals surface area contributed by atoms with Crippen LogP contribution in [0, 0.1) is 5.92 Å². The van der Waals surface area contributed by atoms with Crippen LogP contribution in [-0.2, 0) is 11.3 Å². The Morgan fingerprint density at radius 2 is 2.37 bits per heavy atom. The summed E-state index contributed by atoms with van der Waals surface area (Å²) in [6.07, 6.45) is 2.53. The number of benzene rings is 1. The van der Waals surface area contributed by atoms with E-state index in [1.54, 1.807) is 18.2 Å². The molecule has 2 N–H and O–H groups in total. The van der Waals surface area contributed by atoms with Gasteiger partial charge >= 0.3 is 0 Å². The highest BCUT2D eigenvalue weighted by atomic mass is 32.1. The maximum absolute atomic E-state index is 12.5. The third-order valence-corrected chi connectivity index (χ3v) is 5.58. The van der Waals surface area contributed by atoms with Crippen LogP contribution in [0.5, 0.6) is 5.75 Å². The maximum atomic E-state index is 12.5. The number of carbonyl (C=O) groups excluding carboxylic acids is 2. The van der Waals surface area contributed by atoms with Gasteiger partial charge < -0.3 is 10.1 Å². The van der Waals surface area contributed by atoms with Gasteiger partial charge in [-0.05, 0) is 43.5 Å². The summed E-state index contributed by atoms with van der Waals surface area (Å²) in [7, 11) is 0. The summed E-state index contributed by atoms with van der Waals surface area (Å²) in [6.45, 7) is 5.28. The van der Waals surface area contributed by atoms with E-state index in [1.165, 1.54) is 24.2 Å². The number of hydrogen-bond donors (Lipinski definition) is 2. The minimum Gasteiger partial charge on any atom is -0.482 e. The molecular weight excluding hydrogens is 364 g/mol. The Hall–Kier alpha value is -2.45. The number of ether oxygens (including phenoxy) is 1. The number of thiazole rings is 1. The van der Waals surface area contributed by atoms with Crippen molar-refractivity contribution in [1.29, 1.82) is 0 Å². The number of piperidine rings is 1. The van der Waals surface area contributed by atoms with E-state index in [9.17, 15) is 9.59 Å². The summed E-state index contributed by atoms with van der Waals surface area (Å²) in [4.78, 5) is 30.8. The summed E-state index contributed by atoms with van der Waals surface area (Å²) >= 11 is 1.43. The van der Waals surface area contributed by atoms with Crippen molar-refractivity contribution in [2.45, 2.75) is 26.3 Å². The molecule has 0 unspecified atom stereocenters. The first-order valence-electron chi connectivity index (χ1n) is 9.11. The van der Waals surface area contributed by atoms with Gasteiger partial charge in [0.15, 0.2) is 11.7 Å². The highest BCUT2D eigenvalue weighted by molar-refractivity contribution is 7.14. The van der Waals surface area contributed by atoms with E-state index in [0.717, 1.165) is 31.2 Å². The molecule has 3 heterocycles. The van der Waals surface area contributed by atoms with E-state index in [1.807, 2.05) is 5.38 Å². The first-order valence-corrected chi connectivity index (χ1v) is 9.99. The Labute approximate surface area is 161 Å². The van der Waals surface area contributed by atoms with Crippen LogP contribution in [0.3, 0.4) is 0 Å². The molecule has 2 aliphatic heterocycles. The summed E-state index contributed by atoms with van der Waals surface area (Å²) in [6, 6.07) is 4.96. The molecule has 8 heteroatoms. The number of fused-ring (bicyclic) bond motifs is 1. The number of carbonyl (C=O) groups is 2. The first-order chi connectivity index (χ1) is 13.1. The molecule has 0 saturated carbocycles. The van der Waals surface area contributed by atoms with Crippen molar-refractivity contribution in [3.05, 3.63) is 34.8 Å². The standard InChI is InChI=1S/C19H22N4O3S/c1-12-3-2-6-23(8-12)9-14-11-27-19(20-14)22-18(25)13-4-5-15-16(7-13)26-10-17(24)21-15/h4-5,7,11-12H,2-3,6,8-10H2,1H3,(H,21,24)(H,20,22,25)/t12-/m0/s1. The highest BCUT2D eigenvalue weighted by Crippen LogP contribution is 2.29. The van der Waals surface area contributed by atoms with Crippen LogP contribution < -0.4 is 15.4 Å². The largest absolute Gasteiger partial charge is 0.482 e. The summed E-state index contributed by atoms with van der Waals surface area (Å²) in [5.74, 6) is 0.790. The van der Waals surface area contributed by atoms with Crippen LogP contribution in [0.2, 0.25) is 0 Å². The quantitative estimate of drug-likeness (QED) is 0.844. The predicted octanol–water partition coefficient (Wildman–Crippen LogP) is 2.96. The highest BCUT2D eigenvalue weighted by Gasteiger charge is 2.20. The van der Waals surface area contributed by atoms with Crippen LogP contribution >= 0.6 is 11.3 Å². The average molecular weight is 386 g/mol. The molecule has 1 aromatic heterocycles. The van der Waals surface area contributed by atoms with E-state index in [-0.39, 0.29) is 18.4 Å². The van der Waals surface area contributed by atoms with Crippen molar-refractivity contribution in [2.24, 2.45) is 5.92 Å². The fraction of sp³-hybridized carbons (Fsp3) is 0.421. The number of nitrogens with zero attached hydrogens (tertiary/aromatic N) is 2. The number of anilines is 2. The molecule has 0 radical (unpaired) electrons. The molecule has 1 atom stereocenters. The van der Waals surface area contributed by atoms with Crippen molar-refractivity contribution in [1.82, 2.24) is 9.88 Å². The molecule has 142 valence electrons. The molecule has 2 aliphatic rings. The molecule has 0 spiro atoms. The Kier molecular flexibility index (Phi) is 5.09. The molecule has 7 nitrogen and oxygen atoms in total. The van der Waals surface area contributed by atoms with Crippen molar-refractivity contribution in [2.75, 3.05) is 30.3 Å². The third-order valence-electron chi connectivity index (χ3n) is 4.78. The monoisotopic (exact) mass is 386 g/mol. The predicted molar refractivity (Wildman–Crippen MR) is 104 cm³/mol. The van der Waals surface area contributed by atoms with E-state index in [4.69, 9.17) is 4.74 Å². The number of aromatic nitrogens is 1. The van der Waals surface area contributed by atoms with Gasteiger partial charge in [0.2, 0.25) is 0 Å². The molecule has 0 aliphatic carbocycles. The van der Waals surface area contributed by atoms with Crippen LogP contribution in [0.15, 0.2) is 23.6 Å². The van der Waals surface area contributed by atoms with E-state index >= 15 is 0 Å². The molecule has 27 heavy (non-hydrogen) atoms. The van der Waals surface area contributed by atoms with Crippen LogP contribution in [0.25, 0.3) is 0 Å². The van der Waals surface area contributed by atoms with Crippen molar-refractivity contribution < 1.29 is 14.3 Å². The van der Waals surface area contributed by atoms with Crippen molar-refractivity contribution >= 4 is 34.0 Å². The zero-order valence-corrected chi connectivity index (χ0v) is 16.0. The lowest BCUT2D eigenvalue weighted by Gasteiger charge is -2.30. The fourth-order valence-electron chi connectivity index (χ4n) is 3.48. The summed E-state index contributed by atoms with van der Waals surface area (Å²) in [5.41, 5.74) is 2.03. The van der Waals surface area contributed by atoms with Crippen LogP contribution in [0.1, 0.15) is 35.8 Å². The van der Waals surface area contributed by atoms with Crippen molar-refractivity contribution in [3.8, 4) is 5.75 Å². The Bertz CT molecular complexity index is 866. The average Bonchev–Trinajstić information content (AvgIpc) is 3.08. The fourth-order valence-corrected chi connectivity index (χ4v) is 4.18. The smallest absolute Gasteiger partial charge is 0.262 e. The lowest BCUT2D eigenvalue weighted by Crippen LogP contribution is -2.33. The van der Waals surface area contributed by atoms with Gasteiger partial charge in [-0.2, -0.15) is 0 Å². The lowest BCUT2D eigenvalue weighted by molar-refractivity contribution is -0.118. The molecule has 1 fully saturated rings. The molecule has 2 aromatic rings. The van der Waals surface area contributed by atoms with Gasteiger partial charge in [0, 0.05) is 24.0 Å². The number of amides is 2. The topological polar surface area (TPSA) is 83.6 Å². The van der Waals surface area contributed by atoms with E-state index in [2.05, 4.69) is 27.4 Å². The molecule has 0 bridgehead atoms. The second-order valence-corrected chi connectivity index (χ2v) is 7.99. The Morgan fingerprint density at radius 3 is 3.22 bits per heavy atom. The zero-order chi connectivity index (χ0) is 18.8. The summed E-state index contributed by atoms with van der Waals surface area (Å²) < 4.78 is 5.36. The summed E-state index contributed by atoms with van der Waals surface area (Å²) in [5, 5.41) is 8.15. The van der Waals surface area contributed by atoms with Crippen LogP contribution in [0.4, 0.5) is 10.8 Å². The lowest BCUT2D eigenvalue weighted by atomic mass is 10.0. The molecule has 4 rings (SSSR count). The van der Waals surface area contributed by atoms with Gasteiger partial charge in [0.05, 0.1) is 11.4 Å². The molecular formula is C19H22N4O3S. The first kappa shape index (κ1) is 17.9. The third kappa shape index (κ3) is 4.28. The minimum absolute atomic E-state index is 0.0387.